The Bertz CT molecular complexity index is 1500. The molecule has 0 spiro atoms. The maximum Gasteiger partial charge on any atom is 0.258 e. The van der Waals surface area contributed by atoms with Crippen molar-refractivity contribution in [3.05, 3.63) is 94.8 Å². The molecule has 0 bridgehead atoms. The first-order chi connectivity index (χ1) is 18.0. The predicted octanol–water partition coefficient (Wildman–Crippen LogP) is 4.38. The van der Waals surface area contributed by atoms with E-state index in [-0.39, 0.29) is 23.8 Å². The van der Waals surface area contributed by atoms with Gasteiger partial charge in [-0.05, 0) is 48.5 Å². The van der Waals surface area contributed by atoms with Crippen LogP contribution in [0.4, 0.5) is 23.1 Å². The minimum Gasteiger partial charge on any atom is -0.495 e. The van der Waals surface area contributed by atoms with E-state index < -0.39 is 23.3 Å². The summed E-state index contributed by atoms with van der Waals surface area (Å²) in [6.07, 6.45) is -0.182. The lowest BCUT2D eigenvalue weighted by atomic mass is 9.92. The molecular weight excluding hydrogens is 474 g/mol. The van der Waals surface area contributed by atoms with Crippen LogP contribution in [0.5, 0.6) is 17.2 Å². The van der Waals surface area contributed by atoms with Crippen LogP contribution in [-0.4, -0.2) is 28.9 Å². The van der Waals surface area contributed by atoms with Gasteiger partial charge in [0.1, 0.15) is 23.1 Å². The van der Waals surface area contributed by atoms with Crippen LogP contribution >= 0.6 is 0 Å². The van der Waals surface area contributed by atoms with Gasteiger partial charge < -0.3 is 25.4 Å². The van der Waals surface area contributed by atoms with E-state index in [4.69, 9.17) is 9.47 Å². The average molecular weight is 498 g/mol. The first-order valence-corrected chi connectivity index (χ1v) is 11.5. The van der Waals surface area contributed by atoms with Crippen molar-refractivity contribution in [1.29, 1.82) is 0 Å². The molecule has 1 aromatic heterocycles. The highest BCUT2D eigenvalue weighted by atomic mass is 16.5. The molecule has 10 nitrogen and oxygen atoms in total. The molecule has 186 valence electrons. The van der Waals surface area contributed by atoms with Crippen LogP contribution in [0, 0.1) is 0 Å². The second-order valence-corrected chi connectivity index (χ2v) is 8.24. The number of H-pyrrole nitrogens is 1. The number of nitrogens with one attached hydrogen (secondary N) is 4. The average Bonchev–Trinajstić information content (AvgIpc) is 2.90. The van der Waals surface area contributed by atoms with Gasteiger partial charge in [0.15, 0.2) is 0 Å². The highest BCUT2D eigenvalue weighted by Gasteiger charge is 2.34. The Morgan fingerprint density at radius 3 is 2.41 bits per heavy atom. The summed E-state index contributed by atoms with van der Waals surface area (Å²) in [4.78, 5) is 45.5. The molecule has 1 aliphatic rings. The molecule has 0 fully saturated rings. The van der Waals surface area contributed by atoms with Gasteiger partial charge in [0.2, 0.25) is 17.8 Å². The van der Waals surface area contributed by atoms with Crippen molar-refractivity contribution in [1.82, 2.24) is 9.97 Å². The molecular formula is C27H23N5O5. The highest BCUT2D eigenvalue weighted by Crippen LogP contribution is 2.32. The highest BCUT2D eigenvalue weighted by molar-refractivity contribution is 6.04. The summed E-state index contributed by atoms with van der Waals surface area (Å²) < 4.78 is 11.1. The van der Waals surface area contributed by atoms with E-state index >= 15 is 0 Å². The molecule has 0 saturated heterocycles. The van der Waals surface area contributed by atoms with E-state index in [1.807, 2.05) is 30.3 Å². The zero-order chi connectivity index (χ0) is 25.8. The molecule has 0 saturated carbocycles. The maximum absolute atomic E-state index is 13.1. The SMILES string of the molecule is COc1ccccc1Nc1nc2c(c(=O)[nH]1)[C@@H](C(=O)Nc1ccc(Oc3ccccc3)cc1)CC(=O)N2. The fourth-order valence-electron chi connectivity index (χ4n) is 3.99. The van der Waals surface area contributed by atoms with Crippen LogP contribution in [0.3, 0.4) is 0 Å². The van der Waals surface area contributed by atoms with Crippen molar-refractivity contribution in [2.24, 2.45) is 0 Å². The normalized spacial score (nSPS) is 14.2. The molecule has 0 aliphatic carbocycles. The third kappa shape index (κ3) is 5.27. The Balaban J connectivity index is 1.34. The monoisotopic (exact) mass is 497 g/mol. The van der Waals surface area contributed by atoms with E-state index in [2.05, 4.69) is 25.9 Å². The van der Waals surface area contributed by atoms with Gasteiger partial charge in [0, 0.05) is 12.1 Å². The molecule has 3 aromatic carbocycles. The van der Waals surface area contributed by atoms with Crippen LogP contribution in [0.25, 0.3) is 0 Å². The van der Waals surface area contributed by atoms with Crippen molar-refractivity contribution in [3.8, 4) is 17.2 Å². The molecule has 4 aromatic rings. The molecule has 4 N–H and O–H groups in total. The van der Waals surface area contributed by atoms with Crippen molar-refractivity contribution in [2.45, 2.75) is 12.3 Å². The van der Waals surface area contributed by atoms with Crippen LogP contribution < -0.4 is 31.0 Å². The number of carbonyl (C=O) groups excluding carboxylic acids is 2. The maximum atomic E-state index is 13.1. The van der Waals surface area contributed by atoms with Crippen LogP contribution in [0.2, 0.25) is 0 Å². The number of hydrogen-bond donors (Lipinski definition) is 4. The zero-order valence-corrected chi connectivity index (χ0v) is 19.8. The summed E-state index contributed by atoms with van der Waals surface area (Å²) in [5.74, 6) is 0.0431. The number of hydrogen-bond acceptors (Lipinski definition) is 7. The second-order valence-electron chi connectivity index (χ2n) is 8.24. The van der Waals surface area contributed by atoms with Crippen molar-refractivity contribution < 1.29 is 19.1 Å². The van der Waals surface area contributed by atoms with Crippen LogP contribution in [0.15, 0.2) is 83.7 Å². The first kappa shape index (κ1) is 23.6. The van der Waals surface area contributed by atoms with Crippen LogP contribution in [-0.2, 0) is 9.59 Å². The number of amides is 2. The number of rotatable bonds is 7. The summed E-state index contributed by atoms with van der Waals surface area (Å²) >= 11 is 0. The van der Waals surface area contributed by atoms with E-state index in [0.29, 0.717) is 28.6 Å². The van der Waals surface area contributed by atoms with E-state index in [1.165, 1.54) is 7.11 Å². The number of benzene rings is 3. The van der Waals surface area contributed by atoms with Gasteiger partial charge in [0.05, 0.1) is 24.3 Å². The lowest BCUT2D eigenvalue weighted by Gasteiger charge is -2.23. The standard InChI is InChI=1S/C27H23N5O5/c1-36-21-10-6-5-9-20(21)29-27-31-24-23(26(35)32-27)19(15-22(33)30-24)25(34)28-16-11-13-18(14-12-16)37-17-7-3-2-4-8-17/h2-14,19H,15H2,1H3,(H,28,34)(H3,29,30,31,32,33,35)/t19-/m0/s1. The third-order valence-corrected chi connectivity index (χ3v) is 5.73. The largest absolute Gasteiger partial charge is 0.495 e. The molecule has 2 amide bonds. The summed E-state index contributed by atoms with van der Waals surface area (Å²) in [7, 11) is 1.52. The molecule has 1 aliphatic heterocycles. The Hall–Kier alpha value is -5.12. The Labute approximate surface area is 211 Å². The second kappa shape index (κ2) is 10.2. The first-order valence-electron chi connectivity index (χ1n) is 11.5. The van der Waals surface area contributed by atoms with Gasteiger partial charge in [0.25, 0.3) is 5.56 Å². The smallest absolute Gasteiger partial charge is 0.258 e. The van der Waals surface area contributed by atoms with Gasteiger partial charge in [-0.2, -0.15) is 4.98 Å². The van der Waals surface area contributed by atoms with Gasteiger partial charge >= 0.3 is 0 Å². The quantitative estimate of drug-likeness (QED) is 0.298. The summed E-state index contributed by atoms with van der Waals surface area (Å²) in [6, 6.07) is 23.2. The lowest BCUT2D eigenvalue weighted by Crippen LogP contribution is -2.36. The fraction of sp³-hybridized carbons (Fsp3) is 0.111. The minimum absolute atomic E-state index is 0.0316. The van der Waals surface area contributed by atoms with Crippen molar-refractivity contribution in [3.63, 3.8) is 0 Å². The van der Waals surface area contributed by atoms with Gasteiger partial charge in [-0.15, -0.1) is 0 Å². The van der Waals surface area contributed by atoms with Crippen molar-refractivity contribution in [2.75, 3.05) is 23.1 Å². The van der Waals surface area contributed by atoms with E-state index in [1.54, 1.807) is 48.5 Å². The minimum atomic E-state index is -1.01. The summed E-state index contributed by atoms with van der Waals surface area (Å²) in [5, 5.41) is 8.35. The van der Waals surface area contributed by atoms with Gasteiger partial charge in [-0.25, -0.2) is 0 Å². The fourth-order valence-corrected chi connectivity index (χ4v) is 3.99. The number of carbonyl (C=O) groups is 2. The molecule has 10 heteroatoms. The number of anilines is 4. The number of nitrogens with zero attached hydrogens (tertiary/aromatic N) is 1. The molecule has 0 radical (unpaired) electrons. The Morgan fingerprint density at radius 1 is 0.946 bits per heavy atom. The number of aromatic amines is 1. The summed E-state index contributed by atoms with van der Waals surface area (Å²) in [6.45, 7) is 0. The molecule has 37 heavy (non-hydrogen) atoms. The van der Waals surface area contributed by atoms with Gasteiger partial charge in [-0.1, -0.05) is 30.3 Å². The molecule has 5 rings (SSSR count). The summed E-state index contributed by atoms with van der Waals surface area (Å²) in [5.41, 5.74) is 0.627. The number of aromatic nitrogens is 2. The number of methoxy groups -OCH3 is 1. The van der Waals surface area contributed by atoms with E-state index in [9.17, 15) is 14.4 Å². The molecule has 1 atom stereocenters. The molecule has 2 heterocycles. The van der Waals surface area contributed by atoms with Crippen molar-refractivity contribution >= 4 is 35.0 Å². The number of fused-ring (bicyclic) bond motifs is 1. The lowest BCUT2D eigenvalue weighted by molar-refractivity contribution is -0.123. The number of para-hydroxylation sites is 3. The third-order valence-electron chi connectivity index (χ3n) is 5.73. The van der Waals surface area contributed by atoms with E-state index in [0.717, 1.165) is 0 Å². The molecule has 0 unspecified atom stereocenters. The zero-order valence-electron chi connectivity index (χ0n) is 19.8. The Morgan fingerprint density at radius 2 is 1.65 bits per heavy atom. The number of ether oxygens (including phenoxy) is 2. The topological polar surface area (TPSA) is 134 Å². The van der Waals surface area contributed by atoms with Crippen LogP contribution in [0.1, 0.15) is 17.9 Å². The van der Waals surface area contributed by atoms with Gasteiger partial charge in [-0.3, -0.25) is 19.4 Å². The predicted molar refractivity (Wildman–Crippen MR) is 139 cm³/mol. The Kier molecular flexibility index (Phi) is 6.54.